The molecule has 0 aliphatic carbocycles. The molecule has 0 fully saturated rings. The van der Waals surface area contributed by atoms with Crippen molar-refractivity contribution in [3.63, 3.8) is 0 Å². The van der Waals surface area contributed by atoms with E-state index in [1.165, 1.54) is 0 Å². The first-order valence-corrected chi connectivity index (χ1v) is 5.51. The molecule has 4 heteroatoms. The molecule has 0 saturated heterocycles. The first-order valence-electron chi connectivity index (χ1n) is 5.51. The van der Waals surface area contributed by atoms with Crippen molar-refractivity contribution in [1.29, 1.82) is 0 Å². The van der Waals surface area contributed by atoms with Crippen LogP contribution in [-0.2, 0) is 0 Å². The van der Waals surface area contributed by atoms with Crippen molar-refractivity contribution >= 4 is 5.82 Å². The van der Waals surface area contributed by atoms with E-state index in [4.69, 9.17) is 0 Å². The van der Waals surface area contributed by atoms with Gasteiger partial charge in [-0.1, -0.05) is 6.07 Å². The molecule has 1 rings (SSSR count). The summed E-state index contributed by atoms with van der Waals surface area (Å²) in [6, 6.07) is 3.77. The highest BCUT2D eigenvalue weighted by Gasteiger charge is 2.12. The van der Waals surface area contributed by atoms with E-state index in [2.05, 4.69) is 14.8 Å². The van der Waals surface area contributed by atoms with Gasteiger partial charge in [-0.05, 0) is 27.1 Å². The first kappa shape index (κ1) is 12.9. The third-order valence-electron chi connectivity index (χ3n) is 2.51. The Kier molecular flexibility index (Phi) is 4.71. The summed E-state index contributed by atoms with van der Waals surface area (Å²) in [5.41, 5.74) is 0.878. The van der Waals surface area contributed by atoms with E-state index >= 15 is 0 Å². The lowest BCUT2D eigenvalue weighted by atomic mass is 10.1. The maximum absolute atomic E-state index is 9.65. The molecule has 1 heterocycles. The normalized spacial score (nSPS) is 12.9. The highest BCUT2D eigenvalue weighted by molar-refractivity contribution is 5.46. The summed E-state index contributed by atoms with van der Waals surface area (Å²) in [5, 5.41) is 9.65. The van der Waals surface area contributed by atoms with Gasteiger partial charge in [-0.15, -0.1) is 0 Å². The molecule has 90 valence electrons. The average Bonchev–Trinajstić information content (AvgIpc) is 2.25. The highest BCUT2D eigenvalue weighted by Crippen LogP contribution is 2.22. The van der Waals surface area contributed by atoms with Gasteiger partial charge in [0.1, 0.15) is 5.82 Å². The van der Waals surface area contributed by atoms with Gasteiger partial charge in [0.05, 0.1) is 6.10 Å². The molecule has 1 aromatic rings. The monoisotopic (exact) mass is 223 g/mol. The van der Waals surface area contributed by atoms with Gasteiger partial charge in [0, 0.05) is 31.9 Å². The second kappa shape index (κ2) is 5.82. The van der Waals surface area contributed by atoms with Crippen molar-refractivity contribution < 1.29 is 5.11 Å². The maximum atomic E-state index is 9.65. The van der Waals surface area contributed by atoms with E-state index in [1.54, 1.807) is 13.1 Å². The molecule has 16 heavy (non-hydrogen) atoms. The lowest BCUT2D eigenvalue weighted by Crippen LogP contribution is -2.29. The molecule has 0 unspecified atom stereocenters. The zero-order chi connectivity index (χ0) is 12.1. The van der Waals surface area contributed by atoms with E-state index in [9.17, 15) is 5.11 Å². The van der Waals surface area contributed by atoms with E-state index in [-0.39, 0.29) is 0 Å². The van der Waals surface area contributed by atoms with Crippen molar-refractivity contribution in [2.75, 3.05) is 39.1 Å². The summed E-state index contributed by atoms with van der Waals surface area (Å²) in [5.74, 6) is 0.861. The summed E-state index contributed by atoms with van der Waals surface area (Å²) in [6.45, 7) is 3.62. The molecular formula is C12H21N3O. The van der Waals surface area contributed by atoms with Crippen molar-refractivity contribution in [1.82, 2.24) is 9.88 Å². The number of hydrogen-bond acceptors (Lipinski definition) is 4. The van der Waals surface area contributed by atoms with Crippen LogP contribution in [0.1, 0.15) is 18.6 Å². The topological polar surface area (TPSA) is 39.6 Å². The van der Waals surface area contributed by atoms with Gasteiger partial charge >= 0.3 is 0 Å². The predicted molar refractivity (Wildman–Crippen MR) is 66.7 cm³/mol. The molecule has 1 aromatic heterocycles. The Morgan fingerprint density at radius 2 is 2.00 bits per heavy atom. The van der Waals surface area contributed by atoms with E-state index in [0.29, 0.717) is 0 Å². The van der Waals surface area contributed by atoms with E-state index in [0.717, 1.165) is 24.5 Å². The molecular weight excluding hydrogens is 202 g/mol. The number of rotatable bonds is 5. The first-order chi connectivity index (χ1) is 7.52. The molecule has 0 aliphatic heterocycles. The van der Waals surface area contributed by atoms with Crippen LogP contribution in [0.3, 0.4) is 0 Å². The Morgan fingerprint density at radius 3 is 2.56 bits per heavy atom. The molecule has 0 aliphatic rings. The standard InChI is InChI=1S/C12H21N3O/c1-10(16)11-6-5-7-13-12(11)15(4)9-8-14(2)3/h5-7,10,16H,8-9H2,1-4H3/t10-/m1/s1. The summed E-state index contributed by atoms with van der Waals surface area (Å²) >= 11 is 0. The number of aromatic nitrogens is 1. The Hall–Kier alpha value is -1.13. The molecule has 0 saturated carbocycles. The second-order valence-electron chi connectivity index (χ2n) is 4.32. The Labute approximate surface area is 97.5 Å². The Morgan fingerprint density at radius 1 is 1.31 bits per heavy atom. The van der Waals surface area contributed by atoms with Gasteiger partial charge in [0.25, 0.3) is 0 Å². The minimum atomic E-state index is -0.481. The number of hydrogen-bond donors (Lipinski definition) is 1. The summed E-state index contributed by atoms with van der Waals surface area (Å²) in [6.07, 6.45) is 1.28. The summed E-state index contributed by atoms with van der Waals surface area (Å²) < 4.78 is 0. The minimum Gasteiger partial charge on any atom is -0.389 e. The van der Waals surface area contributed by atoms with Crippen molar-refractivity contribution in [2.24, 2.45) is 0 Å². The number of likely N-dealkylation sites (N-methyl/N-ethyl adjacent to an activating group) is 2. The zero-order valence-electron chi connectivity index (χ0n) is 10.5. The van der Waals surface area contributed by atoms with Crippen molar-refractivity contribution in [3.05, 3.63) is 23.9 Å². The molecule has 0 bridgehead atoms. The number of nitrogens with zero attached hydrogens (tertiary/aromatic N) is 3. The molecule has 0 amide bonds. The number of aliphatic hydroxyl groups is 1. The van der Waals surface area contributed by atoms with E-state index in [1.807, 2.05) is 33.3 Å². The van der Waals surface area contributed by atoms with Gasteiger partial charge in [-0.2, -0.15) is 0 Å². The highest BCUT2D eigenvalue weighted by atomic mass is 16.3. The van der Waals surface area contributed by atoms with Crippen LogP contribution in [0.25, 0.3) is 0 Å². The van der Waals surface area contributed by atoms with Crippen LogP contribution in [-0.4, -0.2) is 49.2 Å². The zero-order valence-corrected chi connectivity index (χ0v) is 10.5. The lowest BCUT2D eigenvalue weighted by Gasteiger charge is -2.23. The predicted octanol–water partition coefficient (Wildman–Crippen LogP) is 1.13. The lowest BCUT2D eigenvalue weighted by molar-refractivity contribution is 0.199. The smallest absolute Gasteiger partial charge is 0.134 e. The summed E-state index contributed by atoms with van der Waals surface area (Å²) in [4.78, 5) is 8.52. The molecule has 0 radical (unpaired) electrons. The van der Waals surface area contributed by atoms with Gasteiger partial charge < -0.3 is 14.9 Å². The second-order valence-corrected chi connectivity index (χ2v) is 4.32. The molecule has 1 atom stereocenters. The molecule has 1 N–H and O–H groups in total. The van der Waals surface area contributed by atoms with Crippen LogP contribution in [0, 0.1) is 0 Å². The van der Waals surface area contributed by atoms with Crippen LogP contribution in [0.5, 0.6) is 0 Å². The van der Waals surface area contributed by atoms with Crippen LogP contribution in [0.15, 0.2) is 18.3 Å². The van der Waals surface area contributed by atoms with Crippen molar-refractivity contribution in [2.45, 2.75) is 13.0 Å². The van der Waals surface area contributed by atoms with Crippen LogP contribution in [0.2, 0.25) is 0 Å². The fourth-order valence-electron chi connectivity index (χ4n) is 1.51. The number of anilines is 1. The quantitative estimate of drug-likeness (QED) is 0.812. The Balaban J connectivity index is 2.77. The number of aliphatic hydroxyl groups excluding tert-OH is 1. The molecule has 0 spiro atoms. The van der Waals surface area contributed by atoms with Gasteiger partial charge in [-0.25, -0.2) is 4.98 Å². The van der Waals surface area contributed by atoms with Crippen molar-refractivity contribution in [3.8, 4) is 0 Å². The fraction of sp³-hybridized carbons (Fsp3) is 0.583. The summed E-state index contributed by atoms with van der Waals surface area (Å²) in [7, 11) is 6.08. The van der Waals surface area contributed by atoms with Gasteiger partial charge in [0.15, 0.2) is 0 Å². The van der Waals surface area contributed by atoms with Crippen LogP contribution < -0.4 is 4.90 Å². The van der Waals surface area contributed by atoms with Gasteiger partial charge in [-0.3, -0.25) is 0 Å². The van der Waals surface area contributed by atoms with Crippen LogP contribution >= 0.6 is 0 Å². The minimum absolute atomic E-state index is 0.481. The van der Waals surface area contributed by atoms with Gasteiger partial charge in [0.2, 0.25) is 0 Å². The average molecular weight is 223 g/mol. The Bertz CT molecular complexity index is 326. The largest absolute Gasteiger partial charge is 0.389 e. The van der Waals surface area contributed by atoms with Crippen LogP contribution in [0.4, 0.5) is 5.82 Å². The third-order valence-corrected chi connectivity index (χ3v) is 2.51. The third kappa shape index (κ3) is 3.47. The fourth-order valence-corrected chi connectivity index (χ4v) is 1.51. The molecule has 0 aromatic carbocycles. The maximum Gasteiger partial charge on any atom is 0.134 e. The molecule has 4 nitrogen and oxygen atoms in total. The SMILES string of the molecule is C[C@@H](O)c1cccnc1N(C)CCN(C)C. The number of pyridine rings is 1. The van der Waals surface area contributed by atoms with E-state index < -0.39 is 6.10 Å².